The summed E-state index contributed by atoms with van der Waals surface area (Å²) < 4.78 is 4.79. The van der Waals surface area contributed by atoms with Gasteiger partial charge < -0.3 is 10.1 Å². The lowest BCUT2D eigenvalue weighted by Crippen LogP contribution is -2.40. The van der Waals surface area contributed by atoms with Crippen LogP contribution in [0, 0.1) is 0 Å². The fourth-order valence-corrected chi connectivity index (χ4v) is 3.08. The average Bonchev–Trinajstić information content (AvgIpc) is 2.54. The maximum Gasteiger partial charge on any atom is 0.246 e. The maximum atomic E-state index is 11.3. The zero-order valence-electron chi connectivity index (χ0n) is 8.91. The predicted octanol–water partition coefficient (Wildman–Crippen LogP) is 1.42. The fraction of sp³-hybridized carbons (Fsp3) is 0.900. The van der Waals surface area contributed by atoms with Crippen LogP contribution < -0.4 is 5.32 Å². The van der Waals surface area contributed by atoms with Gasteiger partial charge in [-0.15, -0.1) is 0 Å². The molecule has 1 N–H and O–H groups in total. The Morgan fingerprint density at radius 2 is 2.36 bits per heavy atom. The van der Waals surface area contributed by atoms with E-state index >= 15 is 0 Å². The number of ether oxygens (including phenoxy) is 1. The first-order valence-corrected chi connectivity index (χ1v) is 6.22. The molecule has 0 radical (unpaired) electrons. The number of methoxy groups -OCH3 is 1. The quantitative estimate of drug-likeness (QED) is 0.757. The van der Waals surface area contributed by atoms with Crippen molar-refractivity contribution in [2.75, 3.05) is 19.5 Å². The standard InChI is InChI=1S/C10H19NO2S/c1-3-14-9-6-4-5-8(9)11-10(12)7-13-2/h8-9H,3-7H2,1-2H3,(H,11,12). The van der Waals surface area contributed by atoms with Crippen LogP contribution in [0.25, 0.3) is 0 Å². The van der Waals surface area contributed by atoms with Crippen LogP contribution in [0.4, 0.5) is 0 Å². The molecule has 2 unspecified atom stereocenters. The van der Waals surface area contributed by atoms with Gasteiger partial charge in [-0.2, -0.15) is 11.8 Å². The van der Waals surface area contributed by atoms with E-state index < -0.39 is 0 Å². The molecule has 0 aromatic heterocycles. The zero-order valence-corrected chi connectivity index (χ0v) is 9.73. The molecule has 0 aromatic rings. The lowest BCUT2D eigenvalue weighted by Gasteiger charge is -2.19. The minimum Gasteiger partial charge on any atom is -0.375 e. The second kappa shape index (κ2) is 6.30. The number of hydrogen-bond acceptors (Lipinski definition) is 3. The van der Waals surface area contributed by atoms with Gasteiger partial charge in [0, 0.05) is 18.4 Å². The van der Waals surface area contributed by atoms with E-state index in [1.54, 1.807) is 7.11 Å². The van der Waals surface area contributed by atoms with Crippen molar-refractivity contribution in [3.63, 3.8) is 0 Å². The Morgan fingerprint density at radius 3 is 3.00 bits per heavy atom. The molecule has 4 heteroatoms. The Kier molecular flexibility index (Phi) is 5.33. The molecule has 1 rings (SSSR count). The summed E-state index contributed by atoms with van der Waals surface area (Å²) in [5.74, 6) is 1.14. The molecule has 1 amide bonds. The van der Waals surface area contributed by atoms with E-state index in [0.29, 0.717) is 11.3 Å². The molecule has 0 aliphatic heterocycles. The number of hydrogen-bond donors (Lipinski definition) is 1. The molecule has 0 saturated heterocycles. The molecule has 82 valence electrons. The number of carbonyl (C=O) groups excluding carboxylic acids is 1. The summed E-state index contributed by atoms with van der Waals surface area (Å²) in [7, 11) is 1.55. The number of nitrogens with one attached hydrogen (secondary N) is 1. The molecule has 1 fully saturated rings. The topological polar surface area (TPSA) is 38.3 Å². The fourth-order valence-electron chi connectivity index (χ4n) is 1.88. The minimum atomic E-state index is 0.0149. The highest BCUT2D eigenvalue weighted by atomic mass is 32.2. The first-order valence-electron chi connectivity index (χ1n) is 5.17. The van der Waals surface area contributed by atoms with Gasteiger partial charge in [0.2, 0.25) is 5.91 Å². The number of carbonyl (C=O) groups is 1. The third-order valence-corrected chi connectivity index (χ3v) is 3.78. The monoisotopic (exact) mass is 217 g/mol. The van der Waals surface area contributed by atoms with Crippen LogP contribution in [-0.2, 0) is 9.53 Å². The number of rotatable bonds is 5. The van der Waals surface area contributed by atoms with E-state index in [0.717, 1.165) is 12.2 Å². The summed E-state index contributed by atoms with van der Waals surface area (Å²) in [4.78, 5) is 11.3. The van der Waals surface area contributed by atoms with Gasteiger partial charge in [-0.25, -0.2) is 0 Å². The Labute approximate surface area is 90.0 Å². The average molecular weight is 217 g/mol. The maximum absolute atomic E-state index is 11.3. The molecule has 2 atom stereocenters. The highest BCUT2D eigenvalue weighted by Gasteiger charge is 2.28. The lowest BCUT2D eigenvalue weighted by atomic mass is 10.2. The van der Waals surface area contributed by atoms with E-state index in [-0.39, 0.29) is 12.5 Å². The second-order valence-electron chi connectivity index (χ2n) is 3.53. The van der Waals surface area contributed by atoms with E-state index in [1.165, 1.54) is 12.8 Å². The van der Waals surface area contributed by atoms with Crippen molar-refractivity contribution in [2.24, 2.45) is 0 Å². The van der Waals surface area contributed by atoms with Crippen LogP contribution in [0.3, 0.4) is 0 Å². The molecule has 1 saturated carbocycles. The summed E-state index contributed by atoms with van der Waals surface area (Å²) in [5, 5.41) is 3.64. The van der Waals surface area contributed by atoms with Crippen LogP contribution in [0.2, 0.25) is 0 Å². The van der Waals surface area contributed by atoms with Gasteiger partial charge in [0.05, 0.1) is 0 Å². The van der Waals surface area contributed by atoms with Gasteiger partial charge in [0.15, 0.2) is 0 Å². The van der Waals surface area contributed by atoms with Crippen molar-refractivity contribution in [2.45, 2.75) is 37.5 Å². The Bertz CT molecular complexity index is 187. The van der Waals surface area contributed by atoms with Crippen molar-refractivity contribution in [3.05, 3.63) is 0 Å². The first-order chi connectivity index (χ1) is 6.77. The summed E-state index contributed by atoms with van der Waals surface area (Å²) in [5.41, 5.74) is 0. The van der Waals surface area contributed by atoms with Crippen LogP contribution in [-0.4, -0.2) is 36.7 Å². The van der Waals surface area contributed by atoms with Crippen molar-refractivity contribution < 1.29 is 9.53 Å². The lowest BCUT2D eigenvalue weighted by molar-refractivity contribution is -0.125. The van der Waals surface area contributed by atoms with Gasteiger partial charge in [-0.05, 0) is 18.6 Å². The molecule has 0 aromatic carbocycles. The van der Waals surface area contributed by atoms with E-state index in [4.69, 9.17) is 4.74 Å². The van der Waals surface area contributed by atoms with Gasteiger partial charge in [-0.3, -0.25) is 4.79 Å². The SMILES string of the molecule is CCSC1CCCC1NC(=O)COC. The molecular weight excluding hydrogens is 198 g/mol. The summed E-state index contributed by atoms with van der Waals surface area (Å²) in [6.07, 6.45) is 3.58. The molecule has 0 heterocycles. The zero-order chi connectivity index (χ0) is 10.4. The molecule has 1 aliphatic rings. The summed E-state index contributed by atoms with van der Waals surface area (Å²) >= 11 is 1.95. The third kappa shape index (κ3) is 3.50. The van der Waals surface area contributed by atoms with Gasteiger partial charge in [0.25, 0.3) is 0 Å². The van der Waals surface area contributed by atoms with Crippen LogP contribution in [0.1, 0.15) is 26.2 Å². The Hall–Kier alpha value is -0.220. The van der Waals surface area contributed by atoms with E-state index in [1.807, 2.05) is 11.8 Å². The Morgan fingerprint density at radius 1 is 1.57 bits per heavy atom. The van der Waals surface area contributed by atoms with Gasteiger partial charge >= 0.3 is 0 Å². The highest BCUT2D eigenvalue weighted by molar-refractivity contribution is 7.99. The summed E-state index contributed by atoms with van der Waals surface area (Å²) in [6.45, 7) is 2.34. The van der Waals surface area contributed by atoms with E-state index in [2.05, 4.69) is 12.2 Å². The number of amides is 1. The van der Waals surface area contributed by atoms with Crippen LogP contribution in [0.15, 0.2) is 0 Å². The second-order valence-corrected chi connectivity index (χ2v) is 5.05. The van der Waals surface area contributed by atoms with Crippen LogP contribution in [0.5, 0.6) is 0 Å². The van der Waals surface area contributed by atoms with Gasteiger partial charge in [0.1, 0.15) is 6.61 Å². The van der Waals surface area contributed by atoms with Crippen LogP contribution >= 0.6 is 11.8 Å². The highest BCUT2D eigenvalue weighted by Crippen LogP contribution is 2.29. The smallest absolute Gasteiger partial charge is 0.246 e. The molecule has 0 bridgehead atoms. The molecule has 14 heavy (non-hydrogen) atoms. The van der Waals surface area contributed by atoms with Gasteiger partial charge in [-0.1, -0.05) is 13.3 Å². The molecule has 1 aliphatic carbocycles. The molecular formula is C10H19NO2S. The Balaban J connectivity index is 2.31. The van der Waals surface area contributed by atoms with E-state index in [9.17, 15) is 4.79 Å². The largest absolute Gasteiger partial charge is 0.375 e. The third-order valence-electron chi connectivity index (χ3n) is 2.46. The number of thioether (sulfide) groups is 1. The minimum absolute atomic E-state index is 0.0149. The molecule has 3 nitrogen and oxygen atoms in total. The normalized spacial score (nSPS) is 26.4. The molecule has 0 spiro atoms. The summed E-state index contributed by atoms with van der Waals surface area (Å²) in [6, 6.07) is 0.364. The predicted molar refractivity (Wildman–Crippen MR) is 59.6 cm³/mol. The van der Waals surface area contributed by atoms with Crippen molar-refractivity contribution in [1.29, 1.82) is 0 Å². The first kappa shape index (κ1) is 11.9. The van der Waals surface area contributed by atoms with Crippen molar-refractivity contribution >= 4 is 17.7 Å². The van der Waals surface area contributed by atoms with Crippen molar-refractivity contribution in [3.8, 4) is 0 Å². The van der Waals surface area contributed by atoms with Crippen molar-refractivity contribution in [1.82, 2.24) is 5.32 Å².